The zero-order valence-corrected chi connectivity index (χ0v) is 20.5. The van der Waals surface area contributed by atoms with E-state index in [1.165, 1.54) is 12.1 Å². The molecule has 37 heavy (non-hydrogen) atoms. The minimum Gasteiger partial charge on any atom is -0.489 e. The summed E-state index contributed by atoms with van der Waals surface area (Å²) in [6.07, 6.45) is 1.59. The van der Waals surface area contributed by atoms with Gasteiger partial charge in [-0.1, -0.05) is 59.8 Å². The van der Waals surface area contributed by atoms with Crippen LogP contribution in [0.3, 0.4) is 0 Å². The van der Waals surface area contributed by atoms with Gasteiger partial charge in [-0.2, -0.15) is 4.98 Å². The van der Waals surface area contributed by atoms with E-state index in [0.717, 1.165) is 48.4 Å². The Kier molecular flexibility index (Phi) is 7.86. The highest BCUT2D eigenvalue weighted by atomic mass is 19.1. The molecule has 0 atom stereocenters. The highest BCUT2D eigenvalue weighted by Gasteiger charge is 2.26. The summed E-state index contributed by atoms with van der Waals surface area (Å²) >= 11 is 0. The summed E-state index contributed by atoms with van der Waals surface area (Å²) in [5.41, 5.74) is 2.84. The molecule has 0 spiro atoms. The number of nitrogens with one attached hydrogen (secondary N) is 1. The molecule has 0 radical (unpaired) electrons. The molecule has 5 rings (SSSR count). The Morgan fingerprint density at radius 2 is 1.68 bits per heavy atom. The first kappa shape index (κ1) is 24.6. The third-order valence-electron chi connectivity index (χ3n) is 6.53. The fraction of sp³-hybridized carbons (Fsp3) is 0.276. The number of piperidine rings is 1. The largest absolute Gasteiger partial charge is 0.489 e. The van der Waals surface area contributed by atoms with Gasteiger partial charge in [-0.25, -0.2) is 4.39 Å². The Morgan fingerprint density at radius 3 is 2.41 bits per heavy atom. The van der Waals surface area contributed by atoms with Crippen molar-refractivity contribution >= 4 is 5.91 Å². The third-order valence-corrected chi connectivity index (χ3v) is 6.53. The Hall–Kier alpha value is -4.04. The standard InChI is InChI=1S/C29H29FN4O3/c30-25-10-6-22(7-11-25)20-36-26-12-8-21(9-13-26)18-31-29(35)24-14-16-34(17-15-24)19-27-32-28(33-37-27)23-4-2-1-3-5-23/h1-13,24H,14-20H2,(H,31,35). The third kappa shape index (κ3) is 6.80. The number of nitrogens with zero attached hydrogens (tertiary/aromatic N) is 3. The van der Waals surface area contributed by atoms with Gasteiger partial charge in [0.1, 0.15) is 18.2 Å². The summed E-state index contributed by atoms with van der Waals surface area (Å²) in [4.78, 5) is 19.5. The Labute approximate surface area is 215 Å². The van der Waals surface area contributed by atoms with E-state index in [2.05, 4.69) is 20.4 Å². The molecule has 0 bridgehead atoms. The van der Waals surface area contributed by atoms with E-state index in [0.29, 0.717) is 31.4 Å². The first-order valence-corrected chi connectivity index (χ1v) is 12.5. The molecule has 0 aliphatic carbocycles. The summed E-state index contributed by atoms with van der Waals surface area (Å²) in [7, 11) is 0. The zero-order chi connectivity index (χ0) is 25.5. The predicted octanol–water partition coefficient (Wildman–Crippen LogP) is 4.98. The van der Waals surface area contributed by atoms with E-state index < -0.39 is 0 Å². The number of carbonyl (C=O) groups is 1. The minimum absolute atomic E-state index is 0.00266. The van der Waals surface area contributed by atoms with Crippen LogP contribution in [0, 0.1) is 11.7 Å². The van der Waals surface area contributed by atoms with Gasteiger partial charge in [0.15, 0.2) is 0 Å². The van der Waals surface area contributed by atoms with E-state index in [1.54, 1.807) is 12.1 Å². The Bertz CT molecular complexity index is 1290. The molecule has 8 heteroatoms. The van der Waals surface area contributed by atoms with Crippen molar-refractivity contribution in [3.63, 3.8) is 0 Å². The lowest BCUT2D eigenvalue weighted by Gasteiger charge is -2.30. The lowest BCUT2D eigenvalue weighted by molar-refractivity contribution is -0.126. The number of hydrogen-bond donors (Lipinski definition) is 1. The van der Waals surface area contributed by atoms with Crippen molar-refractivity contribution in [2.24, 2.45) is 5.92 Å². The molecule has 1 fully saturated rings. The normalized spacial score (nSPS) is 14.4. The molecular weight excluding hydrogens is 471 g/mol. The molecule has 1 N–H and O–H groups in total. The van der Waals surface area contributed by atoms with Crippen molar-refractivity contribution in [1.82, 2.24) is 20.4 Å². The number of halogens is 1. The predicted molar refractivity (Wildman–Crippen MR) is 137 cm³/mol. The van der Waals surface area contributed by atoms with Gasteiger partial charge in [-0.05, 0) is 61.3 Å². The summed E-state index contributed by atoms with van der Waals surface area (Å²) < 4.78 is 24.2. The average Bonchev–Trinajstić information content (AvgIpc) is 3.41. The second-order valence-corrected chi connectivity index (χ2v) is 9.21. The second-order valence-electron chi connectivity index (χ2n) is 9.21. The molecule has 0 unspecified atom stereocenters. The fourth-order valence-corrected chi connectivity index (χ4v) is 4.35. The average molecular weight is 501 g/mol. The molecule has 7 nitrogen and oxygen atoms in total. The number of likely N-dealkylation sites (tertiary alicyclic amines) is 1. The quantitative estimate of drug-likeness (QED) is 0.349. The SMILES string of the molecule is O=C(NCc1ccc(OCc2ccc(F)cc2)cc1)C1CCN(Cc2nc(-c3ccccc3)no2)CC1. The van der Waals surface area contributed by atoms with Gasteiger partial charge in [-0.3, -0.25) is 9.69 Å². The topological polar surface area (TPSA) is 80.5 Å². The molecule has 1 aliphatic heterocycles. The number of ether oxygens (including phenoxy) is 1. The van der Waals surface area contributed by atoms with Gasteiger partial charge < -0.3 is 14.6 Å². The minimum atomic E-state index is -0.262. The zero-order valence-electron chi connectivity index (χ0n) is 20.5. The van der Waals surface area contributed by atoms with Crippen LogP contribution in [-0.2, 0) is 24.5 Å². The van der Waals surface area contributed by atoms with Gasteiger partial charge >= 0.3 is 0 Å². The van der Waals surface area contributed by atoms with Crippen molar-refractivity contribution < 1.29 is 18.4 Å². The van der Waals surface area contributed by atoms with E-state index in [1.807, 2.05) is 54.6 Å². The van der Waals surface area contributed by atoms with E-state index in [4.69, 9.17) is 9.26 Å². The maximum absolute atomic E-state index is 13.0. The number of carbonyl (C=O) groups excluding carboxylic acids is 1. The number of benzene rings is 3. The fourth-order valence-electron chi connectivity index (χ4n) is 4.35. The molecule has 1 saturated heterocycles. The van der Waals surface area contributed by atoms with Crippen LogP contribution in [0.2, 0.25) is 0 Å². The van der Waals surface area contributed by atoms with E-state index >= 15 is 0 Å². The highest BCUT2D eigenvalue weighted by Crippen LogP contribution is 2.21. The maximum Gasteiger partial charge on any atom is 0.241 e. The van der Waals surface area contributed by atoms with E-state index in [9.17, 15) is 9.18 Å². The molecule has 4 aromatic rings. The van der Waals surface area contributed by atoms with Crippen LogP contribution >= 0.6 is 0 Å². The molecule has 0 saturated carbocycles. The van der Waals surface area contributed by atoms with Gasteiger partial charge in [0.2, 0.25) is 17.6 Å². The molecule has 2 heterocycles. The van der Waals surface area contributed by atoms with Crippen molar-refractivity contribution in [2.75, 3.05) is 13.1 Å². The number of hydrogen-bond acceptors (Lipinski definition) is 6. The molecule has 3 aromatic carbocycles. The summed E-state index contributed by atoms with van der Waals surface area (Å²) in [5, 5.41) is 7.15. The van der Waals surface area contributed by atoms with Gasteiger partial charge in [0, 0.05) is 18.0 Å². The first-order valence-electron chi connectivity index (χ1n) is 12.5. The number of aromatic nitrogens is 2. The van der Waals surface area contributed by atoms with Gasteiger partial charge in [0.05, 0.1) is 6.54 Å². The van der Waals surface area contributed by atoms with Crippen molar-refractivity contribution in [3.8, 4) is 17.1 Å². The maximum atomic E-state index is 13.0. The van der Waals surface area contributed by atoms with Crippen LogP contribution in [-0.4, -0.2) is 34.0 Å². The Balaban J connectivity index is 1.03. The molecule has 1 aromatic heterocycles. The lowest BCUT2D eigenvalue weighted by atomic mass is 9.96. The molecule has 1 amide bonds. The monoisotopic (exact) mass is 500 g/mol. The van der Waals surface area contributed by atoms with Gasteiger partial charge in [0.25, 0.3) is 0 Å². The second kappa shape index (κ2) is 11.8. The van der Waals surface area contributed by atoms with Gasteiger partial charge in [-0.15, -0.1) is 0 Å². The van der Waals surface area contributed by atoms with Crippen molar-refractivity contribution in [3.05, 3.63) is 102 Å². The summed E-state index contributed by atoms with van der Waals surface area (Å²) in [6.45, 7) is 3.05. The van der Waals surface area contributed by atoms with E-state index in [-0.39, 0.29) is 17.6 Å². The van der Waals surface area contributed by atoms with Crippen LogP contribution in [0.1, 0.15) is 29.9 Å². The lowest BCUT2D eigenvalue weighted by Crippen LogP contribution is -2.40. The first-order chi connectivity index (χ1) is 18.1. The molecular formula is C29H29FN4O3. The number of amides is 1. The van der Waals surface area contributed by atoms with Crippen LogP contribution in [0.4, 0.5) is 4.39 Å². The van der Waals surface area contributed by atoms with Crippen molar-refractivity contribution in [1.29, 1.82) is 0 Å². The highest BCUT2D eigenvalue weighted by molar-refractivity contribution is 5.78. The van der Waals surface area contributed by atoms with Crippen LogP contribution < -0.4 is 10.1 Å². The molecule has 1 aliphatic rings. The summed E-state index contributed by atoms with van der Waals surface area (Å²) in [6, 6.07) is 23.7. The molecule has 190 valence electrons. The number of rotatable bonds is 9. The van der Waals surface area contributed by atoms with Crippen LogP contribution in [0.15, 0.2) is 83.4 Å². The Morgan fingerprint density at radius 1 is 0.973 bits per heavy atom. The van der Waals surface area contributed by atoms with Crippen LogP contribution in [0.5, 0.6) is 5.75 Å². The van der Waals surface area contributed by atoms with Crippen LogP contribution in [0.25, 0.3) is 11.4 Å². The summed E-state index contributed by atoms with van der Waals surface area (Å²) in [5.74, 6) is 1.73. The van der Waals surface area contributed by atoms with Crippen molar-refractivity contribution in [2.45, 2.75) is 32.5 Å². The smallest absolute Gasteiger partial charge is 0.241 e.